The minimum atomic E-state index is -0.379. The summed E-state index contributed by atoms with van der Waals surface area (Å²) in [6, 6.07) is 1.42. The number of hydrogen-bond donors (Lipinski definition) is 1. The van der Waals surface area contributed by atoms with Gasteiger partial charge < -0.3 is 10.1 Å². The molecular formula is C14H17N3O4S. The topological polar surface area (TPSA) is 90.3 Å². The van der Waals surface area contributed by atoms with Crippen molar-refractivity contribution in [1.82, 2.24) is 14.9 Å². The summed E-state index contributed by atoms with van der Waals surface area (Å²) in [4.78, 5) is 39.9. The number of aryl methyl sites for hydroxylation is 1. The minimum Gasteiger partial charge on any atom is -0.469 e. The molecule has 1 unspecified atom stereocenters. The van der Waals surface area contributed by atoms with Crippen LogP contribution in [0.25, 0.3) is 10.2 Å². The van der Waals surface area contributed by atoms with E-state index in [1.165, 1.54) is 29.3 Å². The van der Waals surface area contributed by atoms with Crippen molar-refractivity contribution in [2.75, 3.05) is 7.11 Å². The van der Waals surface area contributed by atoms with Crippen LogP contribution in [0.15, 0.2) is 22.6 Å². The van der Waals surface area contributed by atoms with Crippen LogP contribution in [0.3, 0.4) is 0 Å². The molecule has 1 atom stereocenters. The molecule has 0 spiro atoms. The van der Waals surface area contributed by atoms with Crippen molar-refractivity contribution >= 4 is 33.4 Å². The monoisotopic (exact) mass is 323 g/mol. The predicted molar refractivity (Wildman–Crippen MR) is 82.7 cm³/mol. The summed E-state index contributed by atoms with van der Waals surface area (Å²) < 4.78 is 5.95. The molecule has 0 fully saturated rings. The van der Waals surface area contributed by atoms with Crippen LogP contribution in [0.2, 0.25) is 0 Å². The first-order valence-corrected chi connectivity index (χ1v) is 7.68. The number of rotatable bonds is 6. The highest BCUT2D eigenvalue weighted by molar-refractivity contribution is 7.16. The first-order valence-electron chi connectivity index (χ1n) is 6.80. The summed E-state index contributed by atoms with van der Waals surface area (Å²) >= 11 is 1.40. The molecule has 118 valence electrons. The molecule has 2 aromatic heterocycles. The number of nitrogens with one attached hydrogen (secondary N) is 1. The van der Waals surface area contributed by atoms with E-state index in [1.54, 1.807) is 13.0 Å². The van der Waals surface area contributed by atoms with Crippen molar-refractivity contribution < 1.29 is 14.3 Å². The standard InChI is InChI=1S/C14H17N3O4S/c1-9(7-12(19)21-2)16-11(18)3-5-17-8-15-13-10(14(17)20)4-6-22-13/h4,6,8-9H,3,5,7H2,1-2H3,(H,16,18). The molecule has 0 aliphatic rings. The van der Waals surface area contributed by atoms with E-state index in [9.17, 15) is 14.4 Å². The maximum atomic E-state index is 12.1. The van der Waals surface area contributed by atoms with E-state index in [-0.39, 0.29) is 42.9 Å². The smallest absolute Gasteiger partial charge is 0.307 e. The van der Waals surface area contributed by atoms with Gasteiger partial charge in [0.1, 0.15) is 4.83 Å². The normalized spacial score (nSPS) is 12.1. The van der Waals surface area contributed by atoms with E-state index in [4.69, 9.17) is 0 Å². The van der Waals surface area contributed by atoms with Crippen molar-refractivity contribution in [2.24, 2.45) is 0 Å². The average Bonchev–Trinajstić information content (AvgIpc) is 2.95. The number of carbonyl (C=O) groups is 2. The molecule has 2 aromatic rings. The predicted octanol–water partition coefficient (Wildman–Crippen LogP) is 0.916. The van der Waals surface area contributed by atoms with Crippen LogP contribution in [0, 0.1) is 0 Å². The van der Waals surface area contributed by atoms with E-state index >= 15 is 0 Å². The lowest BCUT2D eigenvalue weighted by Gasteiger charge is -2.12. The molecule has 0 aromatic carbocycles. The highest BCUT2D eigenvalue weighted by Gasteiger charge is 2.12. The SMILES string of the molecule is COC(=O)CC(C)NC(=O)CCn1cnc2sccc2c1=O. The molecule has 1 N–H and O–H groups in total. The van der Waals surface area contributed by atoms with Crippen LogP contribution in [-0.4, -0.2) is 34.6 Å². The maximum absolute atomic E-state index is 12.1. The van der Waals surface area contributed by atoms with Gasteiger partial charge in [0.25, 0.3) is 5.56 Å². The van der Waals surface area contributed by atoms with E-state index in [2.05, 4.69) is 15.0 Å². The van der Waals surface area contributed by atoms with E-state index in [0.29, 0.717) is 10.2 Å². The van der Waals surface area contributed by atoms with E-state index in [1.807, 2.05) is 5.38 Å². The van der Waals surface area contributed by atoms with E-state index in [0.717, 1.165) is 0 Å². The van der Waals surface area contributed by atoms with Gasteiger partial charge in [-0.2, -0.15) is 0 Å². The molecule has 0 saturated heterocycles. The maximum Gasteiger partial charge on any atom is 0.307 e. The van der Waals surface area contributed by atoms with E-state index < -0.39 is 0 Å². The molecule has 1 amide bonds. The van der Waals surface area contributed by atoms with Gasteiger partial charge >= 0.3 is 5.97 Å². The Hall–Kier alpha value is -2.22. The molecule has 2 rings (SSSR count). The first-order chi connectivity index (χ1) is 10.5. The number of thiophene rings is 1. The molecule has 22 heavy (non-hydrogen) atoms. The third-order valence-electron chi connectivity index (χ3n) is 3.14. The Morgan fingerprint density at radius 2 is 2.27 bits per heavy atom. The molecule has 8 heteroatoms. The number of fused-ring (bicyclic) bond motifs is 1. The van der Waals surface area contributed by atoms with Gasteiger partial charge in [0.05, 0.1) is 25.2 Å². The largest absolute Gasteiger partial charge is 0.469 e. The summed E-state index contributed by atoms with van der Waals surface area (Å²) in [5.41, 5.74) is -0.151. The lowest BCUT2D eigenvalue weighted by Crippen LogP contribution is -2.35. The fourth-order valence-electron chi connectivity index (χ4n) is 2.01. The van der Waals surface area contributed by atoms with Gasteiger partial charge in [-0.15, -0.1) is 11.3 Å². The number of carbonyl (C=O) groups excluding carboxylic acids is 2. The van der Waals surface area contributed by atoms with Gasteiger partial charge in [-0.25, -0.2) is 4.98 Å². The van der Waals surface area contributed by atoms with Crippen molar-refractivity contribution in [1.29, 1.82) is 0 Å². The zero-order chi connectivity index (χ0) is 16.1. The van der Waals surface area contributed by atoms with Crippen molar-refractivity contribution in [3.8, 4) is 0 Å². The summed E-state index contributed by atoms with van der Waals surface area (Å²) in [5, 5.41) is 5.07. The second-order valence-corrected chi connectivity index (χ2v) is 5.78. The summed E-state index contributed by atoms with van der Waals surface area (Å²) in [6.45, 7) is 1.97. The van der Waals surface area contributed by atoms with Gasteiger partial charge in [-0.3, -0.25) is 19.0 Å². The van der Waals surface area contributed by atoms with Gasteiger partial charge in [0.2, 0.25) is 5.91 Å². The summed E-state index contributed by atoms with van der Waals surface area (Å²) in [5.74, 6) is -0.607. The molecule has 0 aliphatic carbocycles. The van der Waals surface area contributed by atoms with Crippen LogP contribution in [-0.2, 0) is 20.9 Å². The molecule has 0 saturated carbocycles. The lowest BCUT2D eigenvalue weighted by atomic mass is 10.2. The molecule has 0 aliphatic heterocycles. The van der Waals surface area contributed by atoms with Crippen LogP contribution in [0.1, 0.15) is 19.8 Å². The number of ether oxygens (including phenoxy) is 1. The molecule has 0 radical (unpaired) electrons. The zero-order valence-electron chi connectivity index (χ0n) is 12.4. The van der Waals surface area contributed by atoms with Crippen molar-refractivity contribution in [3.63, 3.8) is 0 Å². The summed E-state index contributed by atoms with van der Waals surface area (Å²) in [6.07, 6.45) is 1.71. The van der Waals surface area contributed by atoms with Gasteiger partial charge in [0.15, 0.2) is 0 Å². The Balaban J connectivity index is 1.91. The van der Waals surface area contributed by atoms with Crippen molar-refractivity contribution in [2.45, 2.75) is 32.4 Å². The quantitative estimate of drug-likeness (QED) is 0.798. The highest BCUT2D eigenvalue weighted by atomic mass is 32.1. The van der Waals surface area contributed by atoms with Gasteiger partial charge in [0, 0.05) is 19.0 Å². The number of amides is 1. The second-order valence-electron chi connectivity index (χ2n) is 4.88. The Morgan fingerprint density at radius 3 is 3.00 bits per heavy atom. The Kier molecular flexibility index (Phi) is 5.26. The number of esters is 1. The van der Waals surface area contributed by atoms with Gasteiger partial charge in [-0.05, 0) is 18.4 Å². The third kappa shape index (κ3) is 3.91. The number of methoxy groups -OCH3 is 1. The first kappa shape index (κ1) is 16.2. The lowest BCUT2D eigenvalue weighted by molar-refractivity contribution is -0.141. The van der Waals surface area contributed by atoms with Crippen LogP contribution < -0.4 is 10.9 Å². The number of aromatic nitrogens is 2. The summed E-state index contributed by atoms with van der Waals surface area (Å²) in [7, 11) is 1.30. The fourth-order valence-corrected chi connectivity index (χ4v) is 2.73. The Labute approximate surface area is 130 Å². The molecule has 7 nitrogen and oxygen atoms in total. The minimum absolute atomic E-state index is 0.116. The molecule has 2 heterocycles. The third-order valence-corrected chi connectivity index (χ3v) is 3.96. The number of hydrogen-bond acceptors (Lipinski definition) is 6. The zero-order valence-corrected chi connectivity index (χ0v) is 13.2. The Bertz CT molecular complexity index is 737. The fraction of sp³-hybridized carbons (Fsp3) is 0.429. The van der Waals surface area contributed by atoms with Gasteiger partial charge in [-0.1, -0.05) is 0 Å². The van der Waals surface area contributed by atoms with Crippen molar-refractivity contribution in [3.05, 3.63) is 28.1 Å². The highest BCUT2D eigenvalue weighted by Crippen LogP contribution is 2.13. The van der Waals surface area contributed by atoms with Crippen LogP contribution in [0.5, 0.6) is 0 Å². The molecule has 0 bridgehead atoms. The average molecular weight is 323 g/mol. The van der Waals surface area contributed by atoms with Crippen LogP contribution in [0.4, 0.5) is 0 Å². The number of nitrogens with zero attached hydrogens (tertiary/aromatic N) is 2. The second kappa shape index (κ2) is 7.17. The molecular weight excluding hydrogens is 306 g/mol. The Morgan fingerprint density at radius 1 is 1.50 bits per heavy atom. The van der Waals surface area contributed by atoms with Crippen LogP contribution >= 0.6 is 11.3 Å².